The van der Waals surface area contributed by atoms with Gasteiger partial charge in [0.15, 0.2) is 6.61 Å². The van der Waals surface area contributed by atoms with Gasteiger partial charge in [-0.1, -0.05) is 17.7 Å². The summed E-state index contributed by atoms with van der Waals surface area (Å²) in [7, 11) is 0. The Morgan fingerprint density at radius 2 is 2.00 bits per heavy atom. The fourth-order valence-electron chi connectivity index (χ4n) is 1.64. The molecule has 0 saturated carbocycles. The van der Waals surface area contributed by atoms with Crippen molar-refractivity contribution < 1.29 is 9.15 Å². The number of pyridine rings is 1. The van der Waals surface area contributed by atoms with Crippen molar-refractivity contribution >= 4 is 23.4 Å². The molecule has 0 bridgehead atoms. The number of rotatable bonds is 5. The van der Waals surface area contributed by atoms with Gasteiger partial charge in [-0.15, -0.1) is 10.2 Å². The van der Waals surface area contributed by atoms with E-state index in [1.807, 2.05) is 6.07 Å². The largest absolute Gasteiger partial charge is 0.484 e. The molecule has 8 heteroatoms. The molecular formula is C15H9ClN4O2S. The van der Waals surface area contributed by atoms with E-state index in [0.29, 0.717) is 32.6 Å². The molecule has 2 heterocycles. The monoisotopic (exact) mass is 344 g/mol. The zero-order valence-corrected chi connectivity index (χ0v) is 13.2. The minimum absolute atomic E-state index is 0.154. The second-order valence-corrected chi connectivity index (χ2v) is 5.69. The van der Waals surface area contributed by atoms with Gasteiger partial charge >= 0.3 is 0 Å². The molecule has 6 nitrogen and oxygen atoms in total. The standard InChI is InChI=1S/C15H9ClN4O2S/c16-10-4-6-12(7-5-10)21-9-13-19-20-15(22-13)23-14-3-1-2-11(8-17)18-14/h1-7H,9H2. The van der Waals surface area contributed by atoms with E-state index in [2.05, 4.69) is 15.2 Å². The SMILES string of the molecule is N#Cc1cccc(Sc2nnc(COc3ccc(Cl)cc3)o2)n1. The summed E-state index contributed by atoms with van der Waals surface area (Å²) in [6, 6.07) is 14.1. The highest BCUT2D eigenvalue weighted by atomic mass is 35.5. The van der Waals surface area contributed by atoms with E-state index in [4.69, 9.17) is 26.0 Å². The molecule has 0 aliphatic heterocycles. The average Bonchev–Trinajstić information content (AvgIpc) is 3.02. The first-order chi connectivity index (χ1) is 11.2. The van der Waals surface area contributed by atoms with Gasteiger partial charge in [0.1, 0.15) is 22.5 Å². The Morgan fingerprint density at radius 1 is 1.17 bits per heavy atom. The van der Waals surface area contributed by atoms with Gasteiger partial charge in [-0.2, -0.15) is 5.26 Å². The number of hydrogen-bond donors (Lipinski definition) is 0. The first-order valence-electron chi connectivity index (χ1n) is 6.49. The summed E-state index contributed by atoms with van der Waals surface area (Å²) in [5.41, 5.74) is 0.334. The molecule has 0 atom stereocenters. The molecule has 0 spiro atoms. The molecule has 23 heavy (non-hydrogen) atoms. The Bertz CT molecular complexity index is 845. The third-order valence-electron chi connectivity index (χ3n) is 2.65. The fraction of sp³-hybridized carbons (Fsp3) is 0.0667. The van der Waals surface area contributed by atoms with Gasteiger partial charge in [0.05, 0.1) is 0 Å². The topological polar surface area (TPSA) is 84.8 Å². The van der Waals surface area contributed by atoms with Gasteiger partial charge in [-0.3, -0.25) is 0 Å². The van der Waals surface area contributed by atoms with E-state index >= 15 is 0 Å². The molecule has 0 aliphatic carbocycles. The lowest BCUT2D eigenvalue weighted by atomic mass is 10.3. The lowest BCUT2D eigenvalue weighted by Crippen LogP contribution is -1.95. The van der Waals surface area contributed by atoms with Crippen LogP contribution in [0.4, 0.5) is 0 Å². The number of halogens is 1. The van der Waals surface area contributed by atoms with Crippen molar-refractivity contribution in [3.63, 3.8) is 0 Å². The van der Waals surface area contributed by atoms with Crippen molar-refractivity contribution in [1.82, 2.24) is 15.2 Å². The van der Waals surface area contributed by atoms with E-state index < -0.39 is 0 Å². The zero-order valence-electron chi connectivity index (χ0n) is 11.6. The van der Waals surface area contributed by atoms with Crippen molar-refractivity contribution in [2.75, 3.05) is 0 Å². The summed E-state index contributed by atoms with van der Waals surface area (Å²) >= 11 is 6.99. The van der Waals surface area contributed by atoms with Crippen LogP contribution in [0.5, 0.6) is 5.75 Å². The van der Waals surface area contributed by atoms with Gasteiger partial charge < -0.3 is 9.15 Å². The summed E-state index contributed by atoms with van der Waals surface area (Å²) in [5.74, 6) is 1.00. The molecule has 0 unspecified atom stereocenters. The normalized spacial score (nSPS) is 10.3. The molecule has 0 fully saturated rings. The first kappa shape index (κ1) is 15.3. The van der Waals surface area contributed by atoms with Gasteiger partial charge in [-0.25, -0.2) is 4.98 Å². The maximum absolute atomic E-state index is 8.83. The molecule has 114 valence electrons. The highest BCUT2D eigenvalue weighted by Crippen LogP contribution is 2.25. The molecule has 2 aromatic heterocycles. The highest BCUT2D eigenvalue weighted by Gasteiger charge is 2.10. The molecule has 3 rings (SSSR count). The maximum atomic E-state index is 8.83. The molecule has 0 amide bonds. The minimum atomic E-state index is 0.154. The van der Waals surface area contributed by atoms with Crippen LogP contribution >= 0.6 is 23.4 Å². The van der Waals surface area contributed by atoms with Crippen LogP contribution in [0.1, 0.15) is 11.6 Å². The van der Waals surface area contributed by atoms with E-state index in [1.165, 1.54) is 11.8 Å². The molecule has 0 saturated heterocycles. The van der Waals surface area contributed by atoms with Crippen molar-refractivity contribution in [2.45, 2.75) is 16.9 Å². The smallest absolute Gasteiger partial charge is 0.283 e. The third-order valence-corrected chi connectivity index (χ3v) is 3.68. The van der Waals surface area contributed by atoms with E-state index in [1.54, 1.807) is 42.5 Å². The van der Waals surface area contributed by atoms with Crippen LogP contribution in [0.2, 0.25) is 5.02 Å². The summed E-state index contributed by atoms with van der Waals surface area (Å²) in [6.45, 7) is 0.154. The van der Waals surface area contributed by atoms with Crippen molar-refractivity contribution in [3.8, 4) is 11.8 Å². The number of ether oxygens (including phenoxy) is 1. The van der Waals surface area contributed by atoms with Crippen LogP contribution in [0.3, 0.4) is 0 Å². The first-order valence-corrected chi connectivity index (χ1v) is 7.68. The number of benzene rings is 1. The number of nitriles is 1. The van der Waals surface area contributed by atoms with Crippen molar-refractivity contribution in [1.29, 1.82) is 5.26 Å². The molecule has 0 aliphatic rings. The number of hydrogen-bond acceptors (Lipinski definition) is 7. The van der Waals surface area contributed by atoms with Crippen LogP contribution in [0.25, 0.3) is 0 Å². The molecule has 1 aromatic carbocycles. The average molecular weight is 345 g/mol. The fourth-order valence-corrected chi connectivity index (χ4v) is 2.45. The Balaban J connectivity index is 1.61. The third kappa shape index (κ3) is 4.22. The quantitative estimate of drug-likeness (QED) is 0.697. The maximum Gasteiger partial charge on any atom is 0.283 e. The summed E-state index contributed by atoms with van der Waals surface area (Å²) < 4.78 is 11.0. The second-order valence-electron chi connectivity index (χ2n) is 4.28. The predicted molar refractivity (Wildman–Crippen MR) is 83.2 cm³/mol. The van der Waals surface area contributed by atoms with Crippen LogP contribution in [-0.2, 0) is 6.61 Å². The van der Waals surface area contributed by atoms with Crippen molar-refractivity contribution in [2.24, 2.45) is 0 Å². The van der Waals surface area contributed by atoms with Gasteiger partial charge in [0, 0.05) is 5.02 Å². The second kappa shape index (κ2) is 7.13. The Hall–Kier alpha value is -2.56. The Labute approximate surface area is 141 Å². The van der Waals surface area contributed by atoms with Gasteiger partial charge in [-0.05, 0) is 48.2 Å². The van der Waals surface area contributed by atoms with E-state index in [9.17, 15) is 0 Å². The summed E-state index contributed by atoms with van der Waals surface area (Å²) in [6.07, 6.45) is 0. The van der Waals surface area contributed by atoms with E-state index in [-0.39, 0.29) is 6.61 Å². The lowest BCUT2D eigenvalue weighted by molar-refractivity contribution is 0.252. The zero-order chi connectivity index (χ0) is 16.1. The Kier molecular flexibility index (Phi) is 4.76. The lowest BCUT2D eigenvalue weighted by Gasteiger charge is -2.02. The van der Waals surface area contributed by atoms with Gasteiger partial charge in [0.2, 0.25) is 0 Å². The highest BCUT2D eigenvalue weighted by molar-refractivity contribution is 7.99. The summed E-state index contributed by atoms with van der Waals surface area (Å²) in [5, 5.41) is 18.2. The van der Waals surface area contributed by atoms with E-state index in [0.717, 1.165) is 0 Å². The van der Waals surface area contributed by atoms with Crippen LogP contribution in [0, 0.1) is 11.3 Å². The summed E-state index contributed by atoms with van der Waals surface area (Å²) in [4.78, 5) is 4.13. The minimum Gasteiger partial charge on any atom is -0.484 e. The van der Waals surface area contributed by atoms with Crippen LogP contribution in [-0.4, -0.2) is 15.2 Å². The van der Waals surface area contributed by atoms with Crippen LogP contribution < -0.4 is 4.74 Å². The Morgan fingerprint density at radius 3 is 2.78 bits per heavy atom. The van der Waals surface area contributed by atoms with Crippen LogP contribution in [0.15, 0.2) is 57.1 Å². The molecule has 0 N–H and O–H groups in total. The molecular weight excluding hydrogens is 336 g/mol. The van der Waals surface area contributed by atoms with Crippen molar-refractivity contribution in [3.05, 3.63) is 59.1 Å². The van der Waals surface area contributed by atoms with Gasteiger partial charge in [0.25, 0.3) is 11.1 Å². The molecule has 3 aromatic rings. The molecule has 0 radical (unpaired) electrons. The predicted octanol–water partition coefficient (Wildman–Crippen LogP) is 3.72. The number of nitrogens with zero attached hydrogens (tertiary/aromatic N) is 4. The number of aromatic nitrogens is 3.